The maximum atomic E-state index is 13.1. The van der Waals surface area contributed by atoms with Crippen LogP contribution in [-0.4, -0.2) is 31.8 Å². The molecule has 1 fully saturated rings. The van der Waals surface area contributed by atoms with E-state index in [1.165, 1.54) is 0 Å². The third-order valence-electron chi connectivity index (χ3n) is 4.10. The molecule has 0 aliphatic carbocycles. The molecule has 3 rings (SSSR count). The van der Waals surface area contributed by atoms with Crippen molar-refractivity contribution in [1.29, 1.82) is 0 Å². The van der Waals surface area contributed by atoms with Crippen molar-refractivity contribution in [3.63, 3.8) is 0 Å². The maximum Gasteiger partial charge on any atom is 0.259 e. The molecule has 0 bridgehead atoms. The highest BCUT2D eigenvalue weighted by atomic mass is 35.5. The number of hydrogen-bond acceptors (Lipinski definition) is 3. The number of ether oxygens (including phenoxy) is 2. The molecule has 0 radical (unpaired) electrons. The van der Waals surface area contributed by atoms with Crippen LogP contribution in [0.4, 0.5) is 5.69 Å². The first-order valence-electron chi connectivity index (χ1n) is 8.00. The Bertz CT molecular complexity index is 669. The van der Waals surface area contributed by atoms with Crippen molar-refractivity contribution in [2.24, 2.45) is 0 Å². The first-order valence-corrected chi connectivity index (χ1v) is 8.37. The highest BCUT2D eigenvalue weighted by molar-refractivity contribution is 6.30. The van der Waals surface area contributed by atoms with E-state index in [0.717, 1.165) is 11.3 Å². The van der Waals surface area contributed by atoms with Gasteiger partial charge in [-0.3, -0.25) is 4.79 Å². The van der Waals surface area contributed by atoms with Crippen molar-refractivity contribution in [2.45, 2.75) is 19.1 Å². The Labute approximate surface area is 146 Å². The summed E-state index contributed by atoms with van der Waals surface area (Å²) in [5, 5.41) is 0.674. The van der Waals surface area contributed by atoms with Gasteiger partial charge in [-0.25, -0.2) is 0 Å². The van der Waals surface area contributed by atoms with Gasteiger partial charge >= 0.3 is 0 Å². The number of hydrogen-bond donors (Lipinski definition) is 0. The fraction of sp³-hybridized carbons (Fsp3) is 0.316. The molecule has 1 heterocycles. The average Bonchev–Trinajstić information content (AvgIpc) is 2.64. The van der Waals surface area contributed by atoms with Crippen molar-refractivity contribution in [3.05, 3.63) is 65.2 Å². The van der Waals surface area contributed by atoms with E-state index in [9.17, 15) is 4.79 Å². The summed E-state index contributed by atoms with van der Waals surface area (Å²) in [5.74, 6) is -0.0941. The smallest absolute Gasteiger partial charge is 0.259 e. The van der Waals surface area contributed by atoms with Gasteiger partial charge in [-0.2, -0.15) is 0 Å². The van der Waals surface area contributed by atoms with Gasteiger partial charge in [0.05, 0.1) is 25.9 Å². The van der Waals surface area contributed by atoms with Gasteiger partial charge in [-0.15, -0.1) is 0 Å². The number of amides is 1. The number of benzene rings is 2. The number of para-hydroxylation sites is 1. The van der Waals surface area contributed by atoms with Crippen LogP contribution in [0.1, 0.15) is 18.5 Å². The van der Waals surface area contributed by atoms with Crippen LogP contribution < -0.4 is 4.90 Å². The van der Waals surface area contributed by atoms with Gasteiger partial charge in [-0.05, 0) is 36.8 Å². The van der Waals surface area contributed by atoms with Gasteiger partial charge in [0.15, 0.2) is 6.10 Å². The second kappa shape index (κ2) is 7.79. The van der Waals surface area contributed by atoms with E-state index in [4.69, 9.17) is 21.1 Å². The van der Waals surface area contributed by atoms with E-state index in [1.54, 1.807) is 4.90 Å². The Kier molecular flexibility index (Phi) is 5.51. The van der Waals surface area contributed by atoms with Crippen molar-refractivity contribution < 1.29 is 14.3 Å². The number of nitrogens with zero attached hydrogens (tertiary/aromatic N) is 1. The summed E-state index contributed by atoms with van der Waals surface area (Å²) in [6, 6.07) is 17.0. The highest BCUT2D eigenvalue weighted by Gasteiger charge is 2.32. The summed E-state index contributed by atoms with van der Waals surface area (Å²) >= 11 is 5.98. The van der Waals surface area contributed by atoms with Crippen LogP contribution in [0.2, 0.25) is 5.02 Å². The second-order valence-electron chi connectivity index (χ2n) is 5.71. The zero-order chi connectivity index (χ0) is 16.9. The van der Waals surface area contributed by atoms with Crippen molar-refractivity contribution in [1.82, 2.24) is 0 Å². The van der Waals surface area contributed by atoms with Crippen LogP contribution in [0.25, 0.3) is 0 Å². The summed E-state index contributed by atoms with van der Waals surface area (Å²) < 4.78 is 11.0. The molecule has 2 unspecified atom stereocenters. The number of rotatable bonds is 4. The summed E-state index contributed by atoms with van der Waals surface area (Å²) in [5.41, 5.74) is 1.84. The van der Waals surface area contributed by atoms with Gasteiger partial charge in [0.2, 0.25) is 0 Å². The Balaban J connectivity index is 1.92. The predicted molar refractivity (Wildman–Crippen MR) is 94.4 cm³/mol. The lowest BCUT2D eigenvalue weighted by Crippen LogP contribution is -2.46. The summed E-state index contributed by atoms with van der Waals surface area (Å²) in [7, 11) is 0. The lowest BCUT2D eigenvalue weighted by atomic mass is 10.0. The van der Waals surface area contributed by atoms with E-state index in [2.05, 4.69) is 0 Å². The largest absolute Gasteiger partial charge is 0.376 e. The standard InChI is InChI=1S/C19H20ClNO3/c1-14(15-7-9-16(20)10-8-15)21(17-5-3-2-4-6-17)19(22)18-13-23-11-12-24-18/h2-10,14,18H,11-13H2,1H3. The van der Waals surface area contributed by atoms with Crippen LogP contribution in [0.15, 0.2) is 54.6 Å². The fourth-order valence-electron chi connectivity index (χ4n) is 2.81. The molecule has 4 nitrogen and oxygen atoms in total. The molecular weight excluding hydrogens is 326 g/mol. The molecule has 1 amide bonds. The van der Waals surface area contributed by atoms with Gasteiger partial charge in [0.1, 0.15) is 0 Å². The molecule has 5 heteroatoms. The van der Waals surface area contributed by atoms with Crippen LogP contribution in [0, 0.1) is 0 Å². The fourth-order valence-corrected chi connectivity index (χ4v) is 2.93. The minimum Gasteiger partial charge on any atom is -0.376 e. The monoisotopic (exact) mass is 345 g/mol. The van der Waals surface area contributed by atoms with Gasteiger partial charge in [0.25, 0.3) is 5.91 Å². The molecule has 2 aromatic carbocycles. The van der Waals surface area contributed by atoms with E-state index in [-0.39, 0.29) is 18.6 Å². The van der Waals surface area contributed by atoms with Crippen LogP contribution >= 0.6 is 11.6 Å². The van der Waals surface area contributed by atoms with Crippen molar-refractivity contribution >= 4 is 23.2 Å². The minimum absolute atomic E-state index is 0.0941. The average molecular weight is 346 g/mol. The van der Waals surface area contributed by atoms with E-state index >= 15 is 0 Å². The zero-order valence-corrected chi connectivity index (χ0v) is 14.3. The summed E-state index contributed by atoms with van der Waals surface area (Å²) in [4.78, 5) is 14.8. The number of carbonyl (C=O) groups is 1. The predicted octanol–water partition coefficient (Wildman–Crippen LogP) is 3.85. The van der Waals surface area contributed by atoms with Gasteiger partial charge in [0, 0.05) is 10.7 Å². The van der Waals surface area contributed by atoms with Crippen LogP contribution in [0.3, 0.4) is 0 Å². The lowest BCUT2D eigenvalue weighted by molar-refractivity contribution is -0.145. The van der Waals surface area contributed by atoms with Crippen LogP contribution in [0.5, 0.6) is 0 Å². The Morgan fingerprint density at radius 3 is 2.46 bits per heavy atom. The molecule has 0 saturated carbocycles. The topological polar surface area (TPSA) is 38.8 Å². The quantitative estimate of drug-likeness (QED) is 0.844. The SMILES string of the molecule is CC(c1ccc(Cl)cc1)N(C(=O)C1COCCO1)c1ccccc1. The first kappa shape index (κ1) is 17.0. The van der Waals surface area contributed by atoms with E-state index in [0.29, 0.717) is 18.2 Å². The lowest BCUT2D eigenvalue weighted by Gasteiger charge is -2.34. The molecule has 0 N–H and O–H groups in total. The molecule has 24 heavy (non-hydrogen) atoms. The van der Waals surface area contributed by atoms with Gasteiger partial charge < -0.3 is 14.4 Å². The third kappa shape index (κ3) is 3.78. The normalized spacial score (nSPS) is 18.8. The second-order valence-corrected chi connectivity index (χ2v) is 6.14. The van der Waals surface area contributed by atoms with E-state index < -0.39 is 6.10 Å². The van der Waals surface area contributed by atoms with Crippen molar-refractivity contribution in [2.75, 3.05) is 24.7 Å². The highest BCUT2D eigenvalue weighted by Crippen LogP contribution is 2.29. The molecule has 1 aliphatic heterocycles. The first-order chi connectivity index (χ1) is 11.7. The molecule has 2 aromatic rings. The summed E-state index contributed by atoms with van der Waals surface area (Å²) in [6.07, 6.45) is -0.575. The Morgan fingerprint density at radius 1 is 1.12 bits per heavy atom. The minimum atomic E-state index is -0.575. The summed E-state index contributed by atoms with van der Waals surface area (Å²) in [6.45, 7) is 3.25. The molecule has 1 aliphatic rings. The molecule has 1 saturated heterocycles. The Morgan fingerprint density at radius 2 is 1.83 bits per heavy atom. The molecule has 0 aromatic heterocycles. The van der Waals surface area contributed by atoms with Crippen molar-refractivity contribution in [3.8, 4) is 0 Å². The molecule has 126 valence electrons. The third-order valence-corrected chi connectivity index (χ3v) is 4.35. The number of halogens is 1. The molecule has 0 spiro atoms. The van der Waals surface area contributed by atoms with Crippen LogP contribution in [-0.2, 0) is 14.3 Å². The zero-order valence-electron chi connectivity index (χ0n) is 13.5. The van der Waals surface area contributed by atoms with Gasteiger partial charge in [-0.1, -0.05) is 41.9 Å². The number of anilines is 1. The Hall–Kier alpha value is -1.88. The molecular formula is C19H20ClNO3. The maximum absolute atomic E-state index is 13.1. The molecule has 2 atom stereocenters. The number of carbonyl (C=O) groups excluding carboxylic acids is 1. The van der Waals surface area contributed by atoms with E-state index in [1.807, 2.05) is 61.5 Å².